The van der Waals surface area contributed by atoms with Gasteiger partial charge in [0.25, 0.3) is 0 Å². The van der Waals surface area contributed by atoms with E-state index in [0.717, 1.165) is 22.7 Å². The molecule has 2 aliphatic heterocycles. The Morgan fingerprint density at radius 1 is 1.31 bits per heavy atom. The molecule has 0 aliphatic carbocycles. The third kappa shape index (κ3) is 1.60. The van der Waals surface area contributed by atoms with Crippen molar-refractivity contribution in [3.05, 3.63) is 39.2 Å². The number of halogens is 1. The third-order valence-electron chi connectivity index (χ3n) is 2.77. The molecule has 0 unspecified atom stereocenters. The summed E-state index contributed by atoms with van der Waals surface area (Å²) < 4.78 is 1.12. The predicted octanol–water partition coefficient (Wildman–Crippen LogP) is 3.56. The van der Waals surface area contributed by atoms with Gasteiger partial charge in [-0.3, -0.25) is 4.99 Å². The van der Waals surface area contributed by atoms with Crippen LogP contribution in [0.25, 0.3) is 5.70 Å². The zero-order chi connectivity index (χ0) is 11.1. The SMILES string of the molecule is CC1=C(c2ccc(Br)cc2)N2CCN=C2S1. The Morgan fingerprint density at radius 3 is 2.81 bits per heavy atom. The number of amidine groups is 1. The number of hydrogen-bond acceptors (Lipinski definition) is 3. The van der Waals surface area contributed by atoms with Crippen molar-refractivity contribution < 1.29 is 0 Å². The lowest BCUT2D eigenvalue weighted by Crippen LogP contribution is -2.19. The lowest BCUT2D eigenvalue weighted by atomic mass is 10.1. The number of hydrogen-bond donors (Lipinski definition) is 0. The van der Waals surface area contributed by atoms with Gasteiger partial charge in [0.2, 0.25) is 0 Å². The maximum atomic E-state index is 4.50. The molecule has 1 aromatic rings. The van der Waals surface area contributed by atoms with E-state index < -0.39 is 0 Å². The van der Waals surface area contributed by atoms with Crippen LogP contribution < -0.4 is 0 Å². The number of allylic oxidation sites excluding steroid dienone is 1. The van der Waals surface area contributed by atoms with Gasteiger partial charge < -0.3 is 4.90 Å². The van der Waals surface area contributed by atoms with Gasteiger partial charge in [0, 0.05) is 15.9 Å². The van der Waals surface area contributed by atoms with E-state index in [1.165, 1.54) is 16.2 Å². The Hall–Kier alpha value is -0.740. The molecule has 0 bridgehead atoms. The highest BCUT2D eigenvalue weighted by Gasteiger charge is 2.30. The molecule has 3 rings (SSSR count). The molecule has 0 amide bonds. The Kier molecular flexibility index (Phi) is 2.56. The third-order valence-corrected chi connectivity index (χ3v) is 4.33. The van der Waals surface area contributed by atoms with Crippen LogP contribution >= 0.6 is 27.7 Å². The second-order valence-electron chi connectivity index (χ2n) is 3.83. The molecule has 0 atom stereocenters. The molecule has 0 aromatic heterocycles. The van der Waals surface area contributed by atoms with Crippen LogP contribution in [0.15, 0.2) is 38.6 Å². The summed E-state index contributed by atoms with van der Waals surface area (Å²) >= 11 is 5.25. The van der Waals surface area contributed by atoms with Gasteiger partial charge in [-0.25, -0.2) is 0 Å². The van der Waals surface area contributed by atoms with Crippen molar-refractivity contribution >= 4 is 38.6 Å². The smallest absolute Gasteiger partial charge is 0.168 e. The molecular weight excluding hydrogens is 284 g/mol. The van der Waals surface area contributed by atoms with E-state index in [1.54, 1.807) is 11.8 Å². The second-order valence-corrected chi connectivity index (χ2v) is 5.93. The molecule has 0 saturated carbocycles. The summed E-state index contributed by atoms with van der Waals surface area (Å²) in [5, 5.41) is 1.16. The minimum Gasteiger partial charge on any atom is -0.318 e. The van der Waals surface area contributed by atoms with Crippen LogP contribution in [0.4, 0.5) is 0 Å². The average Bonchev–Trinajstić information content (AvgIpc) is 2.79. The van der Waals surface area contributed by atoms with Gasteiger partial charge in [0.05, 0.1) is 12.2 Å². The summed E-state index contributed by atoms with van der Waals surface area (Å²) in [6.45, 7) is 4.11. The molecule has 0 radical (unpaired) electrons. The van der Waals surface area contributed by atoms with Crippen LogP contribution in [0.2, 0.25) is 0 Å². The highest BCUT2D eigenvalue weighted by atomic mass is 79.9. The molecule has 0 N–H and O–H groups in total. The summed E-state index contributed by atoms with van der Waals surface area (Å²) in [6, 6.07) is 8.49. The molecule has 2 aliphatic rings. The number of rotatable bonds is 1. The maximum absolute atomic E-state index is 4.50. The first-order valence-electron chi connectivity index (χ1n) is 5.22. The lowest BCUT2D eigenvalue weighted by Gasteiger charge is -2.17. The molecule has 2 nitrogen and oxygen atoms in total. The fourth-order valence-corrected chi connectivity index (χ4v) is 3.38. The van der Waals surface area contributed by atoms with E-state index in [9.17, 15) is 0 Å². The fourth-order valence-electron chi connectivity index (χ4n) is 2.06. The molecule has 0 spiro atoms. The van der Waals surface area contributed by atoms with Crippen LogP contribution in [-0.4, -0.2) is 23.2 Å². The second kappa shape index (κ2) is 3.93. The predicted molar refractivity (Wildman–Crippen MR) is 73.3 cm³/mol. The number of benzene rings is 1. The van der Waals surface area contributed by atoms with Gasteiger partial charge in [-0.05, 0) is 24.6 Å². The molecule has 0 fully saturated rings. The molecule has 2 heterocycles. The standard InChI is InChI=1S/C12H11BrN2S/c1-8-11(9-2-4-10(13)5-3-9)15-7-6-14-12(15)16-8/h2-5H,6-7H2,1H3. The summed E-state index contributed by atoms with van der Waals surface area (Å²) in [5.41, 5.74) is 2.61. The highest BCUT2D eigenvalue weighted by Crippen LogP contribution is 2.41. The largest absolute Gasteiger partial charge is 0.318 e. The van der Waals surface area contributed by atoms with Crippen LogP contribution in [-0.2, 0) is 0 Å². The highest BCUT2D eigenvalue weighted by molar-refractivity contribution is 9.10. The molecule has 0 saturated heterocycles. The minimum atomic E-state index is 0.926. The van der Waals surface area contributed by atoms with Crippen molar-refractivity contribution in [2.24, 2.45) is 4.99 Å². The first-order valence-corrected chi connectivity index (χ1v) is 6.83. The zero-order valence-corrected chi connectivity index (χ0v) is 11.3. The van der Waals surface area contributed by atoms with E-state index >= 15 is 0 Å². The summed E-state index contributed by atoms with van der Waals surface area (Å²) in [5.74, 6) is 0. The van der Waals surface area contributed by atoms with Gasteiger partial charge in [0.1, 0.15) is 0 Å². The normalized spacial score (nSPS) is 19.1. The molecular formula is C12H11BrN2S. The average molecular weight is 295 g/mol. The fraction of sp³-hybridized carbons (Fsp3) is 0.250. The van der Waals surface area contributed by atoms with Gasteiger partial charge in [0.15, 0.2) is 5.17 Å². The molecule has 16 heavy (non-hydrogen) atoms. The molecule has 82 valence electrons. The van der Waals surface area contributed by atoms with E-state index in [0.29, 0.717) is 0 Å². The van der Waals surface area contributed by atoms with Crippen molar-refractivity contribution in [2.45, 2.75) is 6.92 Å². The number of nitrogens with zero attached hydrogens (tertiary/aromatic N) is 2. The van der Waals surface area contributed by atoms with Gasteiger partial charge >= 0.3 is 0 Å². The Balaban J connectivity index is 2.03. The Morgan fingerprint density at radius 2 is 2.06 bits per heavy atom. The topological polar surface area (TPSA) is 15.6 Å². The van der Waals surface area contributed by atoms with E-state index in [-0.39, 0.29) is 0 Å². The van der Waals surface area contributed by atoms with Crippen LogP contribution in [0, 0.1) is 0 Å². The van der Waals surface area contributed by atoms with Crippen molar-refractivity contribution in [1.29, 1.82) is 0 Å². The summed E-state index contributed by atoms with van der Waals surface area (Å²) in [6.07, 6.45) is 0. The molecule has 1 aromatic carbocycles. The summed E-state index contributed by atoms with van der Waals surface area (Å²) in [4.78, 5) is 8.17. The molecule has 4 heteroatoms. The van der Waals surface area contributed by atoms with Crippen LogP contribution in [0.5, 0.6) is 0 Å². The Bertz CT molecular complexity index is 490. The van der Waals surface area contributed by atoms with Gasteiger partial charge in [-0.15, -0.1) is 0 Å². The van der Waals surface area contributed by atoms with Crippen LogP contribution in [0.3, 0.4) is 0 Å². The van der Waals surface area contributed by atoms with Gasteiger partial charge in [-0.2, -0.15) is 0 Å². The van der Waals surface area contributed by atoms with Crippen molar-refractivity contribution in [3.8, 4) is 0 Å². The van der Waals surface area contributed by atoms with Crippen molar-refractivity contribution in [1.82, 2.24) is 4.90 Å². The quantitative estimate of drug-likeness (QED) is 0.787. The number of fused-ring (bicyclic) bond motifs is 1. The Labute approximate surface area is 108 Å². The van der Waals surface area contributed by atoms with Crippen molar-refractivity contribution in [3.63, 3.8) is 0 Å². The van der Waals surface area contributed by atoms with E-state index in [1.807, 2.05) is 0 Å². The summed E-state index contributed by atoms with van der Waals surface area (Å²) in [7, 11) is 0. The van der Waals surface area contributed by atoms with Gasteiger partial charge in [-0.1, -0.05) is 39.8 Å². The number of thioether (sulfide) groups is 1. The monoisotopic (exact) mass is 294 g/mol. The number of aliphatic imine (C=N–C) groups is 1. The first kappa shape index (κ1) is 10.4. The zero-order valence-electron chi connectivity index (χ0n) is 8.90. The lowest BCUT2D eigenvalue weighted by molar-refractivity contribution is 0.648. The van der Waals surface area contributed by atoms with E-state index in [4.69, 9.17) is 0 Å². The van der Waals surface area contributed by atoms with E-state index in [2.05, 4.69) is 57.0 Å². The minimum absolute atomic E-state index is 0.926. The maximum Gasteiger partial charge on any atom is 0.168 e. The first-order chi connectivity index (χ1) is 7.75. The van der Waals surface area contributed by atoms with Crippen molar-refractivity contribution in [2.75, 3.05) is 13.1 Å². The van der Waals surface area contributed by atoms with Crippen LogP contribution in [0.1, 0.15) is 12.5 Å².